The third-order valence-electron chi connectivity index (χ3n) is 17.7. The lowest BCUT2D eigenvalue weighted by atomic mass is 9.98. The minimum atomic E-state index is -0.701. The quantitative estimate of drug-likeness (QED) is 0.0263. The molecule has 0 saturated carbocycles. The number of likely N-dealkylation sites (N-methyl/N-ethyl adjacent to an activating group) is 2. The van der Waals surface area contributed by atoms with Gasteiger partial charge in [-0.15, -0.1) is 10.2 Å². The average Bonchev–Trinajstić information content (AvgIpc) is 1.92. The lowest BCUT2D eigenvalue weighted by Crippen LogP contribution is -2.58. The first-order valence-electron chi connectivity index (χ1n) is 31.2. The van der Waals surface area contributed by atoms with Crippen molar-refractivity contribution in [1.29, 1.82) is 0 Å². The Morgan fingerprint density at radius 1 is 0.512 bits per heavy atom. The van der Waals surface area contributed by atoms with Crippen LogP contribution in [0, 0.1) is 0 Å². The molecule has 8 N–H and O–H groups in total. The first-order valence-corrected chi connectivity index (χ1v) is 31.2. The van der Waals surface area contributed by atoms with Gasteiger partial charge in [0.05, 0.1) is 36.6 Å². The average molecular weight is 1180 g/mol. The summed E-state index contributed by atoms with van der Waals surface area (Å²) in [5, 5.41) is 42.3. The van der Waals surface area contributed by atoms with Crippen molar-refractivity contribution >= 4 is 46.8 Å². The maximum atomic E-state index is 14.3. The van der Waals surface area contributed by atoms with E-state index in [1.54, 1.807) is 47.1 Å². The number of nitrogens with zero attached hydrogens (tertiary/aromatic N) is 8. The zero-order valence-corrected chi connectivity index (χ0v) is 50.1. The van der Waals surface area contributed by atoms with Crippen LogP contribution in [0.25, 0.3) is 0 Å². The molecule has 86 heavy (non-hydrogen) atoms. The predicted molar refractivity (Wildman–Crippen MR) is 324 cm³/mol. The van der Waals surface area contributed by atoms with Crippen LogP contribution in [0.1, 0.15) is 164 Å². The fraction of sp³-hybridized carbons (Fsp3) is 0.581. The van der Waals surface area contributed by atoms with Crippen LogP contribution < -0.4 is 53.4 Å². The Morgan fingerprint density at radius 3 is 1.30 bits per heavy atom. The Labute approximate surface area is 502 Å². The molecule has 0 radical (unpaired) electrons. The molecule has 4 aliphatic rings. The number of hydrogen-bond donors (Lipinski definition) is 8. The summed E-state index contributed by atoms with van der Waals surface area (Å²) in [4.78, 5) is 111. The molecule has 24 heteroatoms. The van der Waals surface area contributed by atoms with E-state index in [1.165, 1.54) is 0 Å². The molecule has 3 aromatic carbocycles. The summed E-state index contributed by atoms with van der Waals surface area (Å²) in [6.07, 6.45) is 16.9. The van der Waals surface area contributed by atoms with E-state index in [0.717, 1.165) is 88.2 Å². The van der Waals surface area contributed by atoms with E-state index in [2.05, 4.69) is 63.2 Å². The number of hydrogen-bond acceptors (Lipinski definition) is 16. The van der Waals surface area contributed by atoms with Crippen molar-refractivity contribution in [3.05, 3.63) is 116 Å². The lowest BCUT2D eigenvalue weighted by molar-refractivity contribution is -0.144. The molecule has 6 heterocycles. The van der Waals surface area contributed by atoms with Crippen molar-refractivity contribution in [3.8, 4) is 0 Å². The summed E-state index contributed by atoms with van der Waals surface area (Å²) >= 11 is 0. The van der Waals surface area contributed by atoms with Gasteiger partial charge in [0.25, 0.3) is 10.9 Å². The second-order valence-electron chi connectivity index (χ2n) is 23.6. The predicted octanol–water partition coefficient (Wildman–Crippen LogP) is 3.49. The fourth-order valence-corrected chi connectivity index (χ4v) is 12.5. The molecule has 2 aromatic heterocycles. The molecule has 0 unspecified atom stereocenters. The standard InChI is InChI=1S/C62H86N16O8/c1-39(63-3)57(81)67-45-27-15-13-25-43-29-31-49(77(43)61(45)85)59(83)69-51(41-21-9-5-10-22-41)47-37-75(73-71-47)35-19-7-17-33-65-53-54(56(80)55(53)79)66-34-18-8-20-36-76-38-48(72-74-76)52(42-23-11-6-12-24-42)70-60(84)50-32-30-44-26-14-16-28-46(62(86)78(44)50)68-58(82)40(2)64-4/h5-6,9-12,21-24,37-40,43-46,49-52,63-66H,7-8,13-20,25-36H2,1-4H3,(H,67,81)(H,68,82)(H,69,83)(H,70,84)/t39-,40-,43-,44-,45-,46-,49-,50-,51-,52-/m0/s1. The fourth-order valence-electron chi connectivity index (χ4n) is 12.5. The van der Waals surface area contributed by atoms with Crippen molar-refractivity contribution < 1.29 is 28.8 Å². The summed E-state index contributed by atoms with van der Waals surface area (Å²) < 4.78 is 3.51. The molecule has 0 spiro atoms. The van der Waals surface area contributed by atoms with Gasteiger partial charge < -0.3 is 52.3 Å². The van der Waals surface area contributed by atoms with Gasteiger partial charge in [0.2, 0.25) is 35.4 Å². The van der Waals surface area contributed by atoms with Crippen LogP contribution in [0.15, 0.2) is 82.6 Å². The second-order valence-corrected chi connectivity index (χ2v) is 23.6. The Balaban J connectivity index is 0.707. The molecule has 4 aliphatic heterocycles. The molecule has 0 bridgehead atoms. The van der Waals surface area contributed by atoms with E-state index in [9.17, 15) is 38.4 Å². The van der Waals surface area contributed by atoms with E-state index in [0.29, 0.717) is 87.5 Å². The van der Waals surface area contributed by atoms with E-state index in [4.69, 9.17) is 0 Å². The summed E-state index contributed by atoms with van der Waals surface area (Å²) in [7, 11) is 3.39. The number of anilines is 2. The molecule has 462 valence electrons. The van der Waals surface area contributed by atoms with E-state index in [-0.39, 0.29) is 47.5 Å². The van der Waals surface area contributed by atoms with Crippen LogP contribution in [0.4, 0.5) is 11.4 Å². The molecule has 4 saturated heterocycles. The number of benzene rings is 2. The summed E-state index contributed by atoms with van der Waals surface area (Å²) in [6, 6.07) is 14.0. The van der Waals surface area contributed by atoms with Crippen LogP contribution in [0.3, 0.4) is 0 Å². The number of nitrogens with one attached hydrogen (secondary N) is 8. The zero-order chi connectivity index (χ0) is 60.7. The third kappa shape index (κ3) is 15.2. The highest BCUT2D eigenvalue weighted by molar-refractivity contribution is 5.95. The van der Waals surface area contributed by atoms with E-state index in [1.807, 2.05) is 73.1 Å². The first kappa shape index (κ1) is 62.7. The minimum absolute atomic E-state index is 0.0768. The Hall–Kier alpha value is -7.86. The van der Waals surface area contributed by atoms with Crippen LogP contribution in [0.5, 0.6) is 0 Å². The topological polar surface area (TPSA) is 301 Å². The SMILES string of the molecule is CN[C@@H](C)C(=O)N[C@H]1CCCC[C@H]2CC[C@@H](C(=O)N[C@@H](c3ccccc3)c3cn(CCCCCNc4c(NCCCCCn5cc([C@@H](NC(=O)[C@@H]6CC[C@@H]7CCCC[C@H](NC(=O)[C@H](C)NC)C(=O)N76)c6ccccc6)nn5)c(=O)c4=O)nn3)N2C1=O. The Bertz CT molecular complexity index is 2960. The van der Waals surface area contributed by atoms with Crippen molar-refractivity contribution in [2.75, 3.05) is 37.8 Å². The Kier molecular flexibility index (Phi) is 21.8. The number of carbonyl (C=O) groups is 6. The van der Waals surface area contributed by atoms with Gasteiger partial charge in [-0.1, -0.05) is 96.8 Å². The molecular weight excluding hydrogens is 1100 g/mol. The molecule has 24 nitrogen and oxygen atoms in total. The number of carbonyl (C=O) groups excluding carboxylic acids is 6. The van der Waals surface area contributed by atoms with Gasteiger partial charge in [-0.2, -0.15) is 0 Å². The third-order valence-corrected chi connectivity index (χ3v) is 17.7. The molecule has 0 aliphatic carbocycles. The van der Waals surface area contributed by atoms with Gasteiger partial charge in [-0.05, 0) is 129 Å². The molecular formula is C62H86N16O8. The monoisotopic (exact) mass is 1180 g/mol. The van der Waals surface area contributed by atoms with Crippen molar-refractivity contribution in [3.63, 3.8) is 0 Å². The van der Waals surface area contributed by atoms with Crippen LogP contribution in [-0.2, 0) is 41.9 Å². The number of rotatable bonds is 28. The van der Waals surface area contributed by atoms with E-state index < -0.39 is 59.2 Å². The molecule has 6 amide bonds. The van der Waals surface area contributed by atoms with Gasteiger partial charge >= 0.3 is 0 Å². The van der Waals surface area contributed by atoms with Crippen molar-refractivity contribution in [1.82, 2.24) is 71.7 Å². The van der Waals surface area contributed by atoms with Gasteiger partial charge in [-0.3, -0.25) is 47.7 Å². The highest BCUT2D eigenvalue weighted by Crippen LogP contribution is 2.34. The Morgan fingerprint density at radius 2 is 0.907 bits per heavy atom. The maximum Gasteiger partial charge on any atom is 0.253 e. The number of aryl methyl sites for hydroxylation is 2. The summed E-state index contributed by atoms with van der Waals surface area (Å²) in [6.45, 7) is 5.63. The summed E-state index contributed by atoms with van der Waals surface area (Å²) in [5.74, 6) is -1.49. The smallest absolute Gasteiger partial charge is 0.253 e. The molecule has 4 fully saturated rings. The van der Waals surface area contributed by atoms with Crippen LogP contribution >= 0.6 is 0 Å². The number of fused-ring (bicyclic) bond motifs is 2. The van der Waals surface area contributed by atoms with Crippen molar-refractivity contribution in [2.24, 2.45) is 0 Å². The normalized spacial score (nSPS) is 22.0. The van der Waals surface area contributed by atoms with Crippen molar-refractivity contribution in [2.45, 2.75) is 203 Å². The second kappa shape index (κ2) is 30.0. The van der Waals surface area contributed by atoms with Gasteiger partial charge in [-0.25, -0.2) is 0 Å². The highest BCUT2D eigenvalue weighted by atomic mass is 16.2. The van der Waals surface area contributed by atoms with Crippen LogP contribution in [-0.4, -0.2) is 151 Å². The highest BCUT2D eigenvalue weighted by Gasteiger charge is 2.46. The minimum Gasteiger partial charge on any atom is -0.380 e. The van der Waals surface area contributed by atoms with Crippen LogP contribution in [0.2, 0.25) is 0 Å². The molecule has 5 aromatic rings. The van der Waals surface area contributed by atoms with E-state index >= 15 is 0 Å². The molecule has 10 atom stereocenters. The lowest BCUT2D eigenvalue weighted by Gasteiger charge is -2.36. The number of aromatic nitrogens is 6. The maximum absolute atomic E-state index is 14.3. The number of unbranched alkanes of at least 4 members (excludes halogenated alkanes) is 4. The van der Waals surface area contributed by atoms with Gasteiger partial charge in [0.1, 0.15) is 46.9 Å². The van der Waals surface area contributed by atoms with Gasteiger partial charge in [0.15, 0.2) is 0 Å². The largest absolute Gasteiger partial charge is 0.380 e. The zero-order valence-electron chi connectivity index (χ0n) is 50.1. The van der Waals surface area contributed by atoms with Gasteiger partial charge in [0, 0.05) is 38.3 Å². The first-order chi connectivity index (χ1) is 41.7. The summed E-state index contributed by atoms with van der Waals surface area (Å²) in [5.41, 5.74) is 2.33. The molecule has 9 rings (SSSR count). The number of amides is 6.